The second-order valence-corrected chi connectivity index (χ2v) is 6.81. The SMILES string of the molecule is COc1cccc(-c2csc(/C(C#N)=C/c3ccc(Cl)cc3Cl)n2)c1. The zero-order valence-corrected chi connectivity index (χ0v) is 15.5. The van der Waals surface area contributed by atoms with Crippen LogP contribution in [0.3, 0.4) is 0 Å². The Kier molecular flexibility index (Phi) is 5.40. The molecule has 124 valence electrons. The average Bonchev–Trinajstić information content (AvgIpc) is 3.11. The fourth-order valence-electron chi connectivity index (χ4n) is 2.23. The zero-order chi connectivity index (χ0) is 17.8. The fourth-order valence-corrected chi connectivity index (χ4v) is 3.49. The van der Waals surface area contributed by atoms with Crippen molar-refractivity contribution in [3.63, 3.8) is 0 Å². The van der Waals surface area contributed by atoms with Crippen LogP contribution in [0.15, 0.2) is 47.8 Å². The van der Waals surface area contributed by atoms with E-state index in [2.05, 4.69) is 11.1 Å². The number of aromatic nitrogens is 1. The van der Waals surface area contributed by atoms with Gasteiger partial charge in [-0.15, -0.1) is 11.3 Å². The van der Waals surface area contributed by atoms with Crippen LogP contribution in [-0.4, -0.2) is 12.1 Å². The molecule has 0 atom stereocenters. The molecule has 0 saturated heterocycles. The summed E-state index contributed by atoms with van der Waals surface area (Å²) in [6.45, 7) is 0. The number of nitriles is 1. The molecule has 1 aromatic heterocycles. The van der Waals surface area contributed by atoms with Gasteiger partial charge in [0.25, 0.3) is 0 Å². The summed E-state index contributed by atoms with van der Waals surface area (Å²) in [4.78, 5) is 4.57. The third kappa shape index (κ3) is 4.02. The standard InChI is InChI=1S/C19H12Cl2N2OS/c1-24-16-4-2-3-13(8-16)18-11-25-19(23-18)14(10-22)7-12-5-6-15(20)9-17(12)21/h2-9,11H,1H3/b14-7+. The summed E-state index contributed by atoms with van der Waals surface area (Å²) in [6.07, 6.45) is 1.72. The van der Waals surface area contributed by atoms with E-state index < -0.39 is 0 Å². The normalized spacial score (nSPS) is 11.2. The second kappa shape index (κ2) is 7.71. The van der Waals surface area contributed by atoms with Crippen molar-refractivity contribution in [2.45, 2.75) is 0 Å². The Hall–Kier alpha value is -2.32. The van der Waals surface area contributed by atoms with Crippen molar-refractivity contribution in [1.82, 2.24) is 4.98 Å². The first-order chi connectivity index (χ1) is 12.1. The molecule has 0 aliphatic rings. The minimum Gasteiger partial charge on any atom is -0.497 e. The Morgan fingerprint density at radius 3 is 2.80 bits per heavy atom. The first-order valence-electron chi connectivity index (χ1n) is 7.28. The summed E-state index contributed by atoms with van der Waals surface area (Å²) in [5.74, 6) is 0.760. The van der Waals surface area contributed by atoms with Gasteiger partial charge in [0.15, 0.2) is 0 Å². The van der Waals surface area contributed by atoms with Gasteiger partial charge in [-0.3, -0.25) is 0 Å². The molecule has 0 saturated carbocycles. The maximum Gasteiger partial charge on any atom is 0.134 e. The van der Waals surface area contributed by atoms with Gasteiger partial charge in [-0.25, -0.2) is 4.98 Å². The summed E-state index contributed by atoms with van der Waals surface area (Å²) in [6, 6.07) is 15.0. The first kappa shape index (κ1) is 17.5. The molecule has 0 aliphatic heterocycles. The molecule has 0 aliphatic carbocycles. The van der Waals surface area contributed by atoms with Crippen LogP contribution in [0.1, 0.15) is 10.6 Å². The van der Waals surface area contributed by atoms with Crippen LogP contribution in [0.25, 0.3) is 22.9 Å². The molecule has 0 amide bonds. The smallest absolute Gasteiger partial charge is 0.134 e. The van der Waals surface area contributed by atoms with E-state index in [0.717, 1.165) is 22.6 Å². The largest absolute Gasteiger partial charge is 0.497 e. The summed E-state index contributed by atoms with van der Waals surface area (Å²) in [7, 11) is 1.62. The maximum atomic E-state index is 9.51. The molecule has 25 heavy (non-hydrogen) atoms. The van der Waals surface area contributed by atoms with Crippen LogP contribution in [0.2, 0.25) is 10.0 Å². The third-order valence-electron chi connectivity index (χ3n) is 3.48. The minimum atomic E-state index is 0.448. The van der Waals surface area contributed by atoms with Crippen molar-refractivity contribution in [2.75, 3.05) is 7.11 Å². The minimum absolute atomic E-state index is 0.448. The highest BCUT2D eigenvalue weighted by Gasteiger charge is 2.10. The molecule has 2 aromatic carbocycles. The van der Waals surface area contributed by atoms with Crippen molar-refractivity contribution < 1.29 is 4.74 Å². The van der Waals surface area contributed by atoms with Crippen molar-refractivity contribution >= 4 is 46.2 Å². The highest BCUT2D eigenvalue weighted by Crippen LogP contribution is 2.30. The number of rotatable bonds is 4. The topological polar surface area (TPSA) is 45.9 Å². The van der Waals surface area contributed by atoms with Gasteiger partial charge in [0.1, 0.15) is 16.8 Å². The Balaban J connectivity index is 1.96. The molecule has 0 fully saturated rings. The molecular formula is C19H12Cl2N2OS. The average molecular weight is 387 g/mol. The van der Waals surface area contributed by atoms with Gasteiger partial charge < -0.3 is 4.74 Å². The fraction of sp³-hybridized carbons (Fsp3) is 0.0526. The maximum absolute atomic E-state index is 9.51. The monoisotopic (exact) mass is 386 g/mol. The highest BCUT2D eigenvalue weighted by molar-refractivity contribution is 7.11. The molecular weight excluding hydrogens is 375 g/mol. The van der Waals surface area contributed by atoms with Crippen molar-refractivity contribution in [1.29, 1.82) is 5.26 Å². The van der Waals surface area contributed by atoms with Gasteiger partial charge in [-0.2, -0.15) is 5.26 Å². The Labute approximate surface area is 159 Å². The number of halogens is 2. The van der Waals surface area contributed by atoms with Crippen LogP contribution in [-0.2, 0) is 0 Å². The predicted octanol–water partition coefficient (Wildman–Crippen LogP) is 6.19. The predicted molar refractivity (Wildman–Crippen MR) is 104 cm³/mol. The molecule has 1 heterocycles. The van der Waals surface area contributed by atoms with E-state index in [4.69, 9.17) is 27.9 Å². The van der Waals surface area contributed by atoms with E-state index in [1.807, 2.05) is 29.6 Å². The van der Waals surface area contributed by atoms with Crippen molar-refractivity contribution in [3.05, 3.63) is 68.5 Å². The van der Waals surface area contributed by atoms with E-state index >= 15 is 0 Å². The van der Waals surface area contributed by atoms with Crippen LogP contribution in [0.4, 0.5) is 0 Å². The highest BCUT2D eigenvalue weighted by atomic mass is 35.5. The number of hydrogen-bond donors (Lipinski definition) is 0. The van der Waals surface area contributed by atoms with Crippen LogP contribution in [0.5, 0.6) is 5.75 Å². The summed E-state index contributed by atoms with van der Waals surface area (Å²) in [5.41, 5.74) is 2.90. The van der Waals surface area contributed by atoms with Gasteiger partial charge in [-0.1, -0.05) is 41.4 Å². The summed E-state index contributed by atoms with van der Waals surface area (Å²) in [5, 5.41) is 13.1. The summed E-state index contributed by atoms with van der Waals surface area (Å²) < 4.78 is 5.24. The number of ether oxygens (including phenoxy) is 1. The molecule has 3 rings (SSSR count). The van der Waals surface area contributed by atoms with Crippen LogP contribution < -0.4 is 4.74 Å². The lowest BCUT2D eigenvalue weighted by atomic mass is 10.1. The van der Waals surface area contributed by atoms with Crippen molar-refractivity contribution in [2.24, 2.45) is 0 Å². The lowest BCUT2D eigenvalue weighted by molar-refractivity contribution is 0.415. The number of thiazole rings is 1. The van der Waals surface area contributed by atoms with E-state index in [1.165, 1.54) is 11.3 Å². The molecule has 0 N–H and O–H groups in total. The molecule has 0 unspecified atom stereocenters. The van der Waals surface area contributed by atoms with E-state index in [-0.39, 0.29) is 0 Å². The van der Waals surface area contributed by atoms with Gasteiger partial charge in [0.05, 0.1) is 18.4 Å². The number of benzene rings is 2. The van der Waals surface area contributed by atoms with E-state index in [9.17, 15) is 5.26 Å². The Morgan fingerprint density at radius 1 is 1.24 bits per heavy atom. The first-order valence-corrected chi connectivity index (χ1v) is 8.91. The van der Waals surface area contributed by atoms with E-state index in [0.29, 0.717) is 20.6 Å². The van der Waals surface area contributed by atoms with Gasteiger partial charge in [-0.05, 0) is 35.9 Å². The third-order valence-corrected chi connectivity index (χ3v) is 4.92. The quantitative estimate of drug-likeness (QED) is 0.502. The van der Waals surface area contributed by atoms with Gasteiger partial charge >= 0.3 is 0 Å². The number of allylic oxidation sites excluding steroid dienone is 1. The molecule has 0 bridgehead atoms. The molecule has 3 aromatic rings. The number of methoxy groups -OCH3 is 1. The number of nitrogens with zero attached hydrogens (tertiary/aromatic N) is 2. The molecule has 3 nitrogen and oxygen atoms in total. The van der Waals surface area contributed by atoms with Crippen molar-refractivity contribution in [3.8, 4) is 23.1 Å². The zero-order valence-electron chi connectivity index (χ0n) is 13.2. The molecule has 0 radical (unpaired) electrons. The Bertz CT molecular complexity index is 989. The summed E-state index contributed by atoms with van der Waals surface area (Å²) >= 11 is 13.5. The number of hydrogen-bond acceptors (Lipinski definition) is 4. The lowest BCUT2D eigenvalue weighted by Gasteiger charge is -2.02. The molecule has 6 heteroatoms. The Morgan fingerprint density at radius 2 is 2.08 bits per heavy atom. The van der Waals surface area contributed by atoms with Gasteiger partial charge in [0, 0.05) is 21.0 Å². The van der Waals surface area contributed by atoms with Gasteiger partial charge in [0.2, 0.25) is 0 Å². The lowest BCUT2D eigenvalue weighted by Crippen LogP contribution is -1.85. The molecule has 0 spiro atoms. The second-order valence-electron chi connectivity index (χ2n) is 5.11. The van der Waals surface area contributed by atoms with Crippen LogP contribution >= 0.6 is 34.5 Å². The van der Waals surface area contributed by atoms with Crippen LogP contribution in [0, 0.1) is 11.3 Å². The van der Waals surface area contributed by atoms with E-state index in [1.54, 1.807) is 31.4 Å².